The molecule has 0 saturated carbocycles. The number of benzene rings is 1. The first-order valence-electron chi connectivity index (χ1n) is 8.03. The van der Waals surface area contributed by atoms with E-state index >= 15 is 0 Å². The van der Waals surface area contributed by atoms with Gasteiger partial charge in [0.05, 0.1) is 0 Å². The van der Waals surface area contributed by atoms with Crippen LogP contribution in [0.15, 0.2) is 30.3 Å². The fourth-order valence-electron chi connectivity index (χ4n) is 2.65. The van der Waals surface area contributed by atoms with Crippen LogP contribution in [0.1, 0.15) is 70.8 Å². The minimum absolute atomic E-state index is 0.00783. The molecule has 1 atom stereocenters. The summed E-state index contributed by atoms with van der Waals surface area (Å²) in [5.41, 5.74) is 7.94. The van der Waals surface area contributed by atoms with E-state index in [1.54, 1.807) is 0 Å². The highest BCUT2D eigenvalue weighted by atomic mass is 14.7. The van der Waals surface area contributed by atoms with E-state index in [9.17, 15) is 0 Å². The molecule has 0 saturated heterocycles. The molecule has 1 aromatic rings. The summed E-state index contributed by atoms with van der Waals surface area (Å²) in [7, 11) is 0. The summed E-state index contributed by atoms with van der Waals surface area (Å²) in [4.78, 5) is 0. The molecule has 1 rings (SSSR count). The molecular formula is C18H31N. The predicted octanol–water partition coefficient (Wildman–Crippen LogP) is 5.09. The van der Waals surface area contributed by atoms with Gasteiger partial charge in [-0.25, -0.2) is 0 Å². The molecule has 0 amide bonds. The molecule has 0 aliphatic rings. The summed E-state index contributed by atoms with van der Waals surface area (Å²) >= 11 is 0. The summed E-state index contributed by atoms with van der Waals surface area (Å²) in [5, 5.41) is 0. The van der Waals surface area contributed by atoms with Gasteiger partial charge >= 0.3 is 0 Å². The number of unbranched alkanes of at least 4 members (excludes halogenated alkanes) is 5. The van der Waals surface area contributed by atoms with Gasteiger partial charge in [-0.1, -0.05) is 82.7 Å². The zero-order valence-corrected chi connectivity index (χ0v) is 12.8. The SMILES string of the molecule is CCCCCCCCC(N)(CC)Cc1ccccc1. The van der Waals surface area contributed by atoms with Crippen molar-refractivity contribution in [2.24, 2.45) is 5.73 Å². The molecule has 0 fully saturated rings. The molecule has 0 aliphatic carbocycles. The Kier molecular flexibility index (Phi) is 7.81. The van der Waals surface area contributed by atoms with Crippen LogP contribution in [-0.4, -0.2) is 5.54 Å². The van der Waals surface area contributed by atoms with Gasteiger partial charge in [-0.2, -0.15) is 0 Å². The summed E-state index contributed by atoms with van der Waals surface area (Å²) in [6, 6.07) is 10.7. The van der Waals surface area contributed by atoms with Gasteiger partial charge < -0.3 is 5.73 Å². The maximum Gasteiger partial charge on any atom is 0.0192 e. The molecule has 1 nitrogen and oxygen atoms in total. The maximum absolute atomic E-state index is 6.57. The minimum Gasteiger partial charge on any atom is -0.325 e. The summed E-state index contributed by atoms with van der Waals surface area (Å²) < 4.78 is 0. The first-order chi connectivity index (χ1) is 9.20. The molecule has 0 radical (unpaired) electrons. The molecule has 0 aliphatic heterocycles. The van der Waals surface area contributed by atoms with E-state index in [4.69, 9.17) is 5.73 Å². The van der Waals surface area contributed by atoms with Crippen molar-refractivity contribution in [1.82, 2.24) is 0 Å². The number of hydrogen-bond donors (Lipinski definition) is 1. The van der Waals surface area contributed by atoms with Crippen molar-refractivity contribution in [3.63, 3.8) is 0 Å². The van der Waals surface area contributed by atoms with Gasteiger partial charge in [-0.05, 0) is 24.8 Å². The van der Waals surface area contributed by atoms with Crippen LogP contribution in [0.3, 0.4) is 0 Å². The monoisotopic (exact) mass is 261 g/mol. The Hall–Kier alpha value is -0.820. The van der Waals surface area contributed by atoms with Gasteiger partial charge in [0.2, 0.25) is 0 Å². The van der Waals surface area contributed by atoms with Crippen molar-refractivity contribution in [2.45, 2.75) is 77.2 Å². The molecular weight excluding hydrogens is 230 g/mol. The number of nitrogens with two attached hydrogens (primary N) is 1. The van der Waals surface area contributed by atoms with Gasteiger partial charge in [-0.3, -0.25) is 0 Å². The average Bonchev–Trinajstić information content (AvgIpc) is 2.44. The Balaban J connectivity index is 2.30. The van der Waals surface area contributed by atoms with Crippen molar-refractivity contribution < 1.29 is 0 Å². The fourth-order valence-corrected chi connectivity index (χ4v) is 2.65. The van der Waals surface area contributed by atoms with Crippen LogP contribution in [0.4, 0.5) is 0 Å². The largest absolute Gasteiger partial charge is 0.325 e. The Bertz CT molecular complexity index is 320. The van der Waals surface area contributed by atoms with Gasteiger partial charge in [0.15, 0.2) is 0 Å². The Labute approximate surface area is 119 Å². The zero-order chi connectivity index (χ0) is 14.0. The van der Waals surface area contributed by atoms with E-state index in [2.05, 4.69) is 44.2 Å². The normalized spacial score (nSPS) is 14.3. The lowest BCUT2D eigenvalue weighted by Crippen LogP contribution is -2.41. The highest BCUT2D eigenvalue weighted by molar-refractivity contribution is 5.17. The van der Waals surface area contributed by atoms with Crippen molar-refractivity contribution in [3.8, 4) is 0 Å². The van der Waals surface area contributed by atoms with Crippen molar-refractivity contribution in [2.75, 3.05) is 0 Å². The van der Waals surface area contributed by atoms with E-state index in [-0.39, 0.29) is 5.54 Å². The molecule has 108 valence electrons. The van der Waals surface area contributed by atoms with Gasteiger partial charge in [-0.15, -0.1) is 0 Å². The number of rotatable bonds is 10. The molecule has 19 heavy (non-hydrogen) atoms. The van der Waals surface area contributed by atoms with Crippen LogP contribution in [0.2, 0.25) is 0 Å². The topological polar surface area (TPSA) is 26.0 Å². The van der Waals surface area contributed by atoms with E-state index in [1.807, 2.05) is 0 Å². The van der Waals surface area contributed by atoms with E-state index in [0.29, 0.717) is 0 Å². The highest BCUT2D eigenvalue weighted by Gasteiger charge is 2.22. The van der Waals surface area contributed by atoms with Crippen LogP contribution >= 0.6 is 0 Å². The van der Waals surface area contributed by atoms with E-state index in [1.165, 1.54) is 44.1 Å². The van der Waals surface area contributed by atoms with Crippen LogP contribution in [-0.2, 0) is 6.42 Å². The summed E-state index contributed by atoms with van der Waals surface area (Å²) in [6.45, 7) is 4.49. The highest BCUT2D eigenvalue weighted by Crippen LogP contribution is 2.22. The number of hydrogen-bond acceptors (Lipinski definition) is 1. The molecule has 0 spiro atoms. The van der Waals surface area contributed by atoms with Crippen molar-refractivity contribution in [3.05, 3.63) is 35.9 Å². The molecule has 1 aromatic carbocycles. The van der Waals surface area contributed by atoms with Crippen molar-refractivity contribution >= 4 is 0 Å². The molecule has 0 aromatic heterocycles. The summed E-state index contributed by atoms with van der Waals surface area (Å²) in [6.07, 6.45) is 11.3. The lowest BCUT2D eigenvalue weighted by molar-refractivity contribution is 0.359. The molecule has 1 heteroatoms. The lowest BCUT2D eigenvalue weighted by atomic mass is 9.84. The quantitative estimate of drug-likeness (QED) is 0.583. The van der Waals surface area contributed by atoms with Crippen LogP contribution in [0, 0.1) is 0 Å². The third-order valence-corrected chi connectivity index (χ3v) is 4.13. The third kappa shape index (κ3) is 6.77. The third-order valence-electron chi connectivity index (χ3n) is 4.13. The second kappa shape index (κ2) is 9.14. The summed E-state index contributed by atoms with van der Waals surface area (Å²) in [5.74, 6) is 0. The zero-order valence-electron chi connectivity index (χ0n) is 12.8. The van der Waals surface area contributed by atoms with E-state index < -0.39 is 0 Å². The van der Waals surface area contributed by atoms with Gasteiger partial charge in [0.1, 0.15) is 0 Å². The Morgan fingerprint density at radius 1 is 0.895 bits per heavy atom. The maximum atomic E-state index is 6.57. The molecule has 0 heterocycles. The molecule has 2 N–H and O–H groups in total. The standard InChI is InChI=1S/C18H31N/c1-3-5-6-7-8-12-15-18(19,4-2)16-17-13-10-9-11-14-17/h9-11,13-14H,3-8,12,15-16,19H2,1-2H3. The second-order valence-electron chi connectivity index (χ2n) is 5.90. The van der Waals surface area contributed by atoms with Gasteiger partial charge in [0, 0.05) is 5.54 Å². The van der Waals surface area contributed by atoms with Crippen LogP contribution < -0.4 is 5.73 Å². The van der Waals surface area contributed by atoms with Crippen LogP contribution in [0.25, 0.3) is 0 Å². The van der Waals surface area contributed by atoms with Crippen LogP contribution in [0.5, 0.6) is 0 Å². The Morgan fingerprint density at radius 3 is 2.16 bits per heavy atom. The van der Waals surface area contributed by atoms with Gasteiger partial charge in [0.25, 0.3) is 0 Å². The Morgan fingerprint density at radius 2 is 1.53 bits per heavy atom. The lowest BCUT2D eigenvalue weighted by Gasteiger charge is -2.28. The predicted molar refractivity (Wildman–Crippen MR) is 85.3 cm³/mol. The minimum atomic E-state index is -0.00783. The fraction of sp³-hybridized carbons (Fsp3) is 0.667. The molecule has 0 bridgehead atoms. The first-order valence-corrected chi connectivity index (χ1v) is 8.03. The van der Waals surface area contributed by atoms with E-state index in [0.717, 1.165) is 19.3 Å². The first kappa shape index (κ1) is 16.2. The smallest absolute Gasteiger partial charge is 0.0192 e. The second-order valence-corrected chi connectivity index (χ2v) is 5.90. The average molecular weight is 261 g/mol. The van der Waals surface area contributed by atoms with Crippen molar-refractivity contribution in [1.29, 1.82) is 0 Å². The molecule has 1 unspecified atom stereocenters.